The van der Waals surface area contributed by atoms with Crippen molar-refractivity contribution in [2.75, 3.05) is 56.6 Å². The van der Waals surface area contributed by atoms with Gasteiger partial charge in [0.25, 0.3) is 29.5 Å². The molecule has 3 fully saturated rings. The number of carbonyl (C=O) groups excluding carboxylic acids is 14. The minimum atomic E-state index is -1.42. The van der Waals surface area contributed by atoms with Gasteiger partial charge in [-0.2, -0.15) is 0 Å². The first-order chi connectivity index (χ1) is 51.0. The van der Waals surface area contributed by atoms with E-state index in [0.717, 1.165) is 29.1 Å². The zero-order chi connectivity index (χ0) is 75.2. The lowest BCUT2D eigenvalue weighted by Gasteiger charge is -2.47. The lowest BCUT2D eigenvalue weighted by Crippen LogP contribution is -2.60. The van der Waals surface area contributed by atoms with E-state index in [-0.39, 0.29) is 79.5 Å². The molecule has 10 N–H and O–H groups in total. The smallest absolute Gasteiger partial charge is 0.255 e. The number of imide groups is 2. The standard InChI is InChI=1S/C76H78Cl2FN13O14/c77-48-25-28-53-55(38-48)88-74(106)76(53)66(51-20-14-21-54(78)67(51)79)68(89-75(76)33-9-4-10-34-75)71(103)86-49-26-23-47(24-27-49)69(101)80-35-11-2-7-17-46-18-13-19-50-52(46)43-91(72(50)104)57-29-30-65(100)92(73(57)105)44-85-61(96)40-82-60(95)41-84-70(102)56(37-45-15-5-1-6-16-45)87-62(97)42-83-59(94)39-81-58(93)22-8-3-12-36-90-63(98)31-32-64(90)99/h1,5-6,13-16,18-21,23-28,31-32,38,56-57,66,68,89H,2-4,8-12,22,29-30,33-37,39-44H2,(H,80,101)(H,81,93)(H,82,95)(H,83,94)(H,84,102)(H,85,96)(H,86,103)(H,87,97)(H,88,106)/t56-,57?,66-,68+,76+/m0/s1. The van der Waals surface area contributed by atoms with Crippen LogP contribution in [-0.4, -0.2) is 167 Å². The number of anilines is 2. The van der Waals surface area contributed by atoms with Crippen LogP contribution in [0.3, 0.4) is 0 Å². The van der Waals surface area contributed by atoms with Crippen LogP contribution < -0.4 is 53.2 Å². The zero-order valence-electron chi connectivity index (χ0n) is 57.6. The lowest BCUT2D eigenvalue weighted by atomic mass is 9.55. The molecule has 14 amide bonds. The average Bonchev–Trinajstić information content (AvgIpc) is 1.50. The molecule has 5 aromatic carbocycles. The second-order valence-corrected chi connectivity index (χ2v) is 27.5. The fourth-order valence-electron chi connectivity index (χ4n) is 14.7. The largest absolute Gasteiger partial charge is 0.352 e. The van der Waals surface area contributed by atoms with E-state index in [1.54, 1.807) is 103 Å². The number of benzene rings is 5. The highest BCUT2D eigenvalue weighted by atomic mass is 35.5. The first-order valence-electron chi connectivity index (χ1n) is 35.0. The average molecular weight is 1490 g/mol. The molecule has 1 aliphatic carbocycles. The van der Waals surface area contributed by atoms with Gasteiger partial charge in [-0.3, -0.25) is 82.2 Å². The number of hydrogen-bond acceptors (Lipinski definition) is 15. The van der Waals surface area contributed by atoms with Crippen molar-refractivity contribution >= 4 is 117 Å². The molecule has 552 valence electrons. The summed E-state index contributed by atoms with van der Waals surface area (Å²) in [5, 5.41) is 27.3. The number of fused-ring (bicyclic) bond motifs is 4. The number of piperidine rings is 1. The number of hydrogen-bond donors (Lipinski definition) is 10. The Kier molecular flexibility index (Phi) is 24.5. The van der Waals surface area contributed by atoms with E-state index in [0.29, 0.717) is 94.7 Å². The molecule has 1 saturated carbocycles. The van der Waals surface area contributed by atoms with Gasteiger partial charge in [0.2, 0.25) is 53.2 Å². The van der Waals surface area contributed by atoms with E-state index in [1.165, 1.54) is 23.1 Å². The first-order valence-corrected chi connectivity index (χ1v) is 35.8. The van der Waals surface area contributed by atoms with Gasteiger partial charge in [0.05, 0.1) is 37.2 Å². The van der Waals surface area contributed by atoms with E-state index >= 15 is 4.39 Å². The molecule has 2 spiro atoms. The summed E-state index contributed by atoms with van der Waals surface area (Å²) >= 11 is 12.8. The third-order valence-corrected chi connectivity index (χ3v) is 20.4. The summed E-state index contributed by atoms with van der Waals surface area (Å²) in [6, 6.07) is 26.3. The van der Waals surface area contributed by atoms with Gasteiger partial charge in [-0.1, -0.05) is 115 Å². The Morgan fingerprint density at radius 3 is 2.10 bits per heavy atom. The van der Waals surface area contributed by atoms with Crippen molar-refractivity contribution in [1.82, 2.24) is 57.2 Å². The molecule has 5 aliphatic heterocycles. The fourth-order valence-corrected chi connectivity index (χ4v) is 15.1. The van der Waals surface area contributed by atoms with Gasteiger partial charge in [-0.25, -0.2) is 4.39 Å². The summed E-state index contributed by atoms with van der Waals surface area (Å²) < 4.78 is 16.4. The normalized spacial score (nSPS) is 19.2. The maximum Gasteiger partial charge on any atom is 0.255 e. The number of likely N-dealkylation sites (tertiary alicyclic amines) is 1. The van der Waals surface area contributed by atoms with Crippen molar-refractivity contribution in [2.45, 2.75) is 131 Å². The predicted octanol–water partition coefficient (Wildman–Crippen LogP) is 4.21. The summed E-state index contributed by atoms with van der Waals surface area (Å²) in [5.41, 5.74) is 1.68. The second kappa shape index (κ2) is 34.2. The quantitative estimate of drug-likeness (QED) is 0.0191. The van der Waals surface area contributed by atoms with Crippen LogP contribution in [0.1, 0.15) is 138 Å². The van der Waals surface area contributed by atoms with Crippen molar-refractivity contribution in [2.24, 2.45) is 0 Å². The molecule has 106 heavy (non-hydrogen) atoms. The van der Waals surface area contributed by atoms with Gasteiger partial charge in [-0.15, -0.1) is 0 Å². The van der Waals surface area contributed by atoms with Crippen molar-refractivity contribution < 1.29 is 71.5 Å². The summed E-state index contributed by atoms with van der Waals surface area (Å²) in [6.07, 6.45) is 8.24. The van der Waals surface area contributed by atoms with Crippen LogP contribution in [0.4, 0.5) is 15.8 Å². The van der Waals surface area contributed by atoms with Crippen LogP contribution in [0, 0.1) is 17.7 Å². The number of amides is 14. The number of halogens is 3. The van der Waals surface area contributed by atoms with Crippen LogP contribution in [0.2, 0.25) is 10.0 Å². The topological polar surface area (TPSA) is 369 Å². The Morgan fingerprint density at radius 1 is 0.679 bits per heavy atom. The Balaban J connectivity index is 0.602. The highest BCUT2D eigenvalue weighted by molar-refractivity contribution is 6.31. The Labute approximate surface area is 619 Å². The van der Waals surface area contributed by atoms with Gasteiger partial charge in [0.15, 0.2) is 0 Å². The van der Waals surface area contributed by atoms with Crippen molar-refractivity contribution in [1.29, 1.82) is 0 Å². The molecule has 0 aromatic heterocycles. The van der Waals surface area contributed by atoms with Crippen LogP contribution in [0.5, 0.6) is 0 Å². The van der Waals surface area contributed by atoms with Crippen molar-refractivity contribution in [3.63, 3.8) is 0 Å². The maximum absolute atomic E-state index is 16.4. The number of nitrogens with one attached hydrogen (secondary N) is 10. The lowest BCUT2D eigenvalue weighted by molar-refractivity contribution is -0.153. The van der Waals surface area contributed by atoms with Gasteiger partial charge in [-0.05, 0) is 115 Å². The molecule has 6 aliphatic rings. The van der Waals surface area contributed by atoms with E-state index < -0.39 is 133 Å². The molecule has 5 heterocycles. The zero-order valence-corrected chi connectivity index (χ0v) is 59.1. The molecule has 0 bridgehead atoms. The van der Waals surface area contributed by atoms with Gasteiger partial charge in [0, 0.05) is 102 Å². The number of unbranched alkanes of at least 4 members (excludes halogenated alkanes) is 3. The van der Waals surface area contributed by atoms with Gasteiger partial charge in [0.1, 0.15) is 30.0 Å². The molecule has 5 aromatic rings. The summed E-state index contributed by atoms with van der Waals surface area (Å²) in [4.78, 5) is 187. The van der Waals surface area contributed by atoms with Gasteiger partial charge < -0.3 is 52.8 Å². The Hall–Kier alpha value is -11.2. The molecule has 1 unspecified atom stereocenters. The summed E-state index contributed by atoms with van der Waals surface area (Å²) in [6.45, 7) is -2.32. The SMILES string of the molecule is O=C(CCCCCN1C(=O)C=CC1=O)NCC(=O)NCC(=O)N[C@@H](Cc1ccccc1)C(=O)NCC(=O)NCC(=O)NCN1C(=O)CCC(N2Cc3c(C#CCCCNC(=O)c4ccc(NC(=O)[C@@H]5NC6(CCCCC6)[C@@]6(C(=O)Nc7cc(Cl)ccc76)[C@H]5c5cccc(Cl)c5F)cc4)cccc3C2=O)C1=O. The fraction of sp³-hybridized carbons (Fsp3) is 0.368. The highest BCUT2D eigenvalue weighted by Gasteiger charge is 2.72. The van der Waals surface area contributed by atoms with Crippen LogP contribution in [0.25, 0.3) is 0 Å². The molecule has 0 radical (unpaired) electrons. The van der Waals surface area contributed by atoms with E-state index in [9.17, 15) is 67.1 Å². The Morgan fingerprint density at radius 2 is 1.37 bits per heavy atom. The summed E-state index contributed by atoms with van der Waals surface area (Å²) in [5.74, 6) is -3.56. The van der Waals surface area contributed by atoms with Crippen LogP contribution >= 0.6 is 23.2 Å². The minimum Gasteiger partial charge on any atom is -0.352 e. The summed E-state index contributed by atoms with van der Waals surface area (Å²) in [7, 11) is 0. The number of rotatable bonds is 28. The van der Waals surface area contributed by atoms with Crippen LogP contribution in [-0.2, 0) is 75.9 Å². The highest BCUT2D eigenvalue weighted by Crippen LogP contribution is 2.63. The minimum absolute atomic E-state index is 0.0110. The molecular formula is C76H78Cl2FN13O14. The van der Waals surface area contributed by atoms with Crippen molar-refractivity contribution in [3.05, 3.63) is 176 Å². The molecule has 5 atom stereocenters. The monoisotopic (exact) mass is 1490 g/mol. The van der Waals surface area contributed by atoms with Crippen molar-refractivity contribution in [3.8, 4) is 11.8 Å². The number of nitrogens with zero attached hydrogens (tertiary/aromatic N) is 3. The maximum atomic E-state index is 16.4. The van der Waals surface area contributed by atoms with E-state index in [1.807, 2.05) is 0 Å². The molecule has 27 nitrogen and oxygen atoms in total. The third-order valence-electron chi connectivity index (χ3n) is 19.9. The van der Waals surface area contributed by atoms with Gasteiger partial charge >= 0.3 is 0 Å². The molecule has 11 rings (SSSR count). The molecule has 30 heteroatoms. The first kappa shape index (κ1) is 76.0. The van der Waals surface area contributed by atoms with E-state index in [4.69, 9.17) is 23.2 Å². The molecular weight excluding hydrogens is 1410 g/mol. The third kappa shape index (κ3) is 17.1. The number of carbonyl (C=O) groups is 14. The second-order valence-electron chi connectivity index (χ2n) is 26.6. The Bertz CT molecular complexity index is 4430. The van der Waals surface area contributed by atoms with E-state index in [2.05, 4.69) is 65.0 Å². The molecule has 2 saturated heterocycles. The van der Waals surface area contributed by atoms with Crippen LogP contribution in [0.15, 0.2) is 121 Å². The predicted molar refractivity (Wildman–Crippen MR) is 385 cm³/mol.